The molecule has 0 radical (unpaired) electrons. The lowest BCUT2D eigenvalue weighted by atomic mass is 9.95. The number of rotatable bonds is 3. The lowest BCUT2D eigenvalue weighted by Crippen LogP contribution is -2.28. The molecule has 0 aromatic heterocycles. The molecule has 92 valence electrons. The summed E-state index contributed by atoms with van der Waals surface area (Å²) in [5.74, 6) is 0.0121. The van der Waals surface area contributed by atoms with Crippen LogP contribution in [0.15, 0.2) is 28.7 Å². The van der Waals surface area contributed by atoms with Crippen LogP contribution in [0.4, 0.5) is 0 Å². The molecular weight excluding hydrogens is 284 g/mol. The smallest absolute Gasteiger partial charge is 0.233 e. The van der Waals surface area contributed by atoms with Crippen molar-refractivity contribution in [3.8, 4) is 0 Å². The molecule has 17 heavy (non-hydrogen) atoms. The molecule has 1 heterocycles. The topological polar surface area (TPSA) is 46.4 Å². The second-order valence-corrected chi connectivity index (χ2v) is 5.28. The second-order valence-electron chi connectivity index (χ2n) is 4.36. The average molecular weight is 299 g/mol. The van der Waals surface area contributed by atoms with Crippen molar-refractivity contribution in [3.05, 3.63) is 44.4 Å². The number of likely N-dealkylation sites (tertiary alicyclic amines) is 1. The highest BCUT2D eigenvalue weighted by Crippen LogP contribution is 2.30. The Balaban J connectivity index is 2.23. The van der Waals surface area contributed by atoms with Crippen LogP contribution in [0.1, 0.15) is 18.4 Å². The van der Waals surface area contributed by atoms with Crippen molar-refractivity contribution in [3.63, 3.8) is 0 Å². The van der Waals surface area contributed by atoms with Crippen LogP contribution >= 0.6 is 15.9 Å². The molecule has 0 saturated carbocycles. The van der Waals surface area contributed by atoms with E-state index in [9.17, 15) is 10.1 Å². The predicted octanol–water partition coefficient (Wildman–Crippen LogP) is 2.51. The number of hydrogen-bond donors (Lipinski definition) is 0. The number of halogens is 1. The molecule has 1 aliphatic heterocycles. The fraction of sp³-hybridized carbons (Fsp3) is 0.500. The highest BCUT2D eigenvalue weighted by Gasteiger charge is 2.41. The van der Waals surface area contributed by atoms with E-state index in [0.29, 0.717) is 6.54 Å². The van der Waals surface area contributed by atoms with E-state index in [1.807, 2.05) is 31.2 Å². The Kier molecular flexibility index (Phi) is 3.79. The zero-order valence-electron chi connectivity index (χ0n) is 9.67. The molecule has 0 spiro atoms. The SMILES string of the molecule is CCN1C[C@@H]([N+](=O)[O-])[C@H](c2ccc(Br)cc2)C1. The predicted molar refractivity (Wildman–Crippen MR) is 69.8 cm³/mol. The van der Waals surface area contributed by atoms with Crippen LogP contribution in [0.5, 0.6) is 0 Å². The summed E-state index contributed by atoms with van der Waals surface area (Å²) in [6, 6.07) is 7.37. The van der Waals surface area contributed by atoms with Crippen molar-refractivity contribution in [1.82, 2.24) is 4.90 Å². The van der Waals surface area contributed by atoms with Gasteiger partial charge in [0, 0.05) is 15.9 Å². The summed E-state index contributed by atoms with van der Waals surface area (Å²) in [7, 11) is 0. The van der Waals surface area contributed by atoms with E-state index in [2.05, 4.69) is 20.8 Å². The van der Waals surface area contributed by atoms with E-state index in [0.717, 1.165) is 23.1 Å². The molecule has 0 N–H and O–H groups in total. The Morgan fingerprint density at radius 3 is 2.59 bits per heavy atom. The van der Waals surface area contributed by atoms with Crippen LogP contribution in [0.25, 0.3) is 0 Å². The Bertz CT molecular complexity index is 407. The fourth-order valence-corrected chi connectivity index (χ4v) is 2.64. The first-order valence-electron chi connectivity index (χ1n) is 5.73. The van der Waals surface area contributed by atoms with E-state index in [1.54, 1.807) is 0 Å². The van der Waals surface area contributed by atoms with Gasteiger partial charge in [-0.2, -0.15) is 0 Å². The molecule has 0 unspecified atom stereocenters. The third-order valence-electron chi connectivity index (χ3n) is 3.38. The van der Waals surface area contributed by atoms with E-state index in [1.165, 1.54) is 0 Å². The number of nitro groups is 1. The average Bonchev–Trinajstić information content (AvgIpc) is 2.74. The normalized spacial score (nSPS) is 25.1. The zero-order valence-corrected chi connectivity index (χ0v) is 11.3. The van der Waals surface area contributed by atoms with Crippen molar-refractivity contribution < 1.29 is 4.92 Å². The van der Waals surface area contributed by atoms with Gasteiger partial charge in [-0.1, -0.05) is 35.0 Å². The number of likely N-dealkylation sites (N-methyl/N-ethyl adjacent to an activating group) is 1. The van der Waals surface area contributed by atoms with Crippen LogP contribution in [0.3, 0.4) is 0 Å². The van der Waals surface area contributed by atoms with E-state index >= 15 is 0 Å². The molecule has 4 nitrogen and oxygen atoms in total. The van der Waals surface area contributed by atoms with Crippen molar-refractivity contribution in [1.29, 1.82) is 0 Å². The highest BCUT2D eigenvalue weighted by molar-refractivity contribution is 9.10. The summed E-state index contributed by atoms with van der Waals surface area (Å²) in [5, 5.41) is 11.1. The van der Waals surface area contributed by atoms with Crippen LogP contribution in [-0.2, 0) is 0 Å². The van der Waals surface area contributed by atoms with E-state index in [-0.39, 0.29) is 10.8 Å². The molecule has 2 rings (SSSR count). The first-order chi connectivity index (χ1) is 8.11. The molecule has 0 bridgehead atoms. The van der Waals surface area contributed by atoms with Gasteiger partial charge in [-0.05, 0) is 24.2 Å². The minimum atomic E-state index is -0.476. The van der Waals surface area contributed by atoms with Crippen molar-refractivity contribution in [2.75, 3.05) is 19.6 Å². The van der Waals surface area contributed by atoms with Gasteiger partial charge in [0.15, 0.2) is 0 Å². The largest absolute Gasteiger partial charge is 0.296 e. The maximum Gasteiger partial charge on any atom is 0.233 e. The van der Waals surface area contributed by atoms with Gasteiger partial charge >= 0.3 is 0 Å². The zero-order chi connectivity index (χ0) is 12.4. The molecule has 1 aliphatic rings. The molecule has 5 heteroatoms. The van der Waals surface area contributed by atoms with Crippen LogP contribution in [0, 0.1) is 10.1 Å². The standard InChI is InChI=1S/C12H15BrN2O2/c1-2-14-7-11(12(8-14)15(16)17)9-3-5-10(13)6-4-9/h3-6,11-12H,2,7-8H2,1H3/t11-,12+/m0/s1. The maximum absolute atomic E-state index is 11.1. The molecule has 0 aliphatic carbocycles. The molecule has 1 aromatic rings. The lowest BCUT2D eigenvalue weighted by Gasteiger charge is -2.13. The van der Waals surface area contributed by atoms with E-state index in [4.69, 9.17) is 0 Å². The lowest BCUT2D eigenvalue weighted by molar-refractivity contribution is -0.521. The molecule has 1 fully saturated rings. The van der Waals surface area contributed by atoms with Gasteiger partial charge in [0.2, 0.25) is 6.04 Å². The third kappa shape index (κ3) is 2.66. The summed E-state index contributed by atoms with van der Waals surface area (Å²) in [6.45, 7) is 4.26. The number of nitrogens with zero attached hydrogens (tertiary/aromatic N) is 2. The molecule has 1 aromatic carbocycles. The Hall–Kier alpha value is -0.940. The van der Waals surface area contributed by atoms with Gasteiger partial charge in [0.05, 0.1) is 12.5 Å². The van der Waals surface area contributed by atoms with Crippen LogP contribution in [-0.4, -0.2) is 35.5 Å². The van der Waals surface area contributed by atoms with Gasteiger partial charge in [-0.15, -0.1) is 0 Å². The van der Waals surface area contributed by atoms with Crippen molar-refractivity contribution in [2.24, 2.45) is 0 Å². The summed E-state index contributed by atoms with van der Waals surface area (Å²) >= 11 is 3.38. The van der Waals surface area contributed by atoms with Crippen molar-refractivity contribution in [2.45, 2.75) is 18.9 Å². The first-order valence-corrected chi connectivity index (χ1v) is 6.52. The molecule has 0 amide bonds. The molecule has 2 atom stereocenters. The third-order valence-corrected chi connectivity index (χ3v) is 3.91. The van der Waals surface area contributed by atoms with E-state index < -0.39 is 6.04 Å². The number of hydrogen-bond acceptors (Lipinski definition) is 3. The minimum Gasteiger partial charge on any atom is -0.296 e. The Morgan fingerprint density at radius 2 is 2.06 bits per heavy atom. The first kappa shape index (κ1) is 12.5. The van der Waals surface area contributed by atoms with Crippen LogP contribution < -0.4 is 0 Å². The van der Waals surface area contributed by atoms with Gasteiger partial charge in [0.1, 0.15) is 0 Å². The van der Waals surface area contributed by atoms with Gasteiger partial charge in [-0.25, -0.2) is 0 Å². The summed E-state index contributed by atoms with van der Waals surface area (Å²) in [5.41, 5.74) is 1.06. The number of benzene rings is 1. The quantitative estimate of drug-likeness (QED) is 0.636. The summed E-state index contributed by atoms with van der Waals surface area (Å²) in [6.07, 6.45) is 0. The minimum absolute atomic E-state index is 0.0121. The van der Waals surface area contributed by atoms with Gasteiger partial charge in [0.25, 0.3) is 0 Å². The second kappa shape index (κ2) is 5.14. The maximum atomic E-state index is 11.1. The van der Waals surface area contributed by atoms with Crippen LogP contribution in [0.2, 0.25) is 0 Å². The fourth-order valence-electron chi connectivity index (χ4n) is 2.38. The Morgan fingerprint density at radius 1 is 1.41 bits per heavy atom. The molecular formula is C12H15BrN2O2. The van der Waals surface area contributed by atoms with Crippen molar-refractivity contribution >= 4 is 15.9 Å². The monoisotopic (exact) mass is 298 g/mol. The summed E-state index contributed by atoms with van der Waals surface area (Å²) < 4.78 is 1.00. The summed E-state index contributed by atoms with van der Waals surface area (Å²) in [4.78, 5) is 13.1. The van der Waals surface area contributed by atoms with Gasteiger partial charge < -0.3 is 0 Å². The Labute approximate surface area is 109 Å². The van der Waals surface area contributed by atoms with Gasteiger partial charge in [-0.3, -0.25) is 15.0 Å². The highest BCUT2D eigenvalue weighted by atomic mass is 79.9. The molecule has 1 saturated heterocycles.